The molecule has 13 nitrogen and oxygen atoms in total. The average molecular weight is 593 g/mol. The van der Waals surface area contributed by atoms with E-state index in [1.165, 1.54) is 0 Å². The minimum atomic E-state index is -1.26. The van der Waals surface area contributed by atoms with Gasteiger partial charge in [0.25, 0.3) is 5.09 Å². The van der Waals surface area contributed by atoms with Crippen LogP contribution in [0.25, 0.3) is 0 Å². The first kappa shape index (κ1) is 31.6. The second kappa shape index (κ2) is 12.9. The van der Waals surface area contributed by atoms with Gasteiger partial charge in [0.1, 0.15) is 12.6 Å². The van der Waals surface area contributed by atoms with Gasteiger partial charge in [-0.15, -0.1) is 10.1 Å². The maximum Gasteiger partial charge on any atom is 0.508 e. The molecule has 42 heavy (non-hydrogen) atoms. The molecule has 3 saturated carbocycles. The Bertz CT molecular complexity index is 1150. The lowest BCUT2D eigenvalue weighted by Gasteiger charge is -2.58. The molecule has 0 aromatic carbocycles. The number of nitrogens with two attached hydrogens (primary N) is 1. The van der Waals surface area contributed by atoms with E-state index in [0.717, 1.165) is 24.8 Å². The molecule has 3 N–H and O–H groups in total. The van der Waals surface area contributed by atoms with Gasteiger partial charge in [-0.3, -0.25) is 14.4 Å². The van der Waals surface area contributed by atoms with E-state index in [1.54, 1.807) is 12.2 Å². The van der Waals surface area contributed by atoms with Crippen molar-refractivity contribution in [3.05, 3.63) is 33.9 Å². The Hall–Kier alpha value is -3.32. The SMILES string of the molecule is C[C@]12CC(O)C3[C@@H](CCC4=CC(=O)C=C[C@@]43C)C1CCC2C(=O)COC(=O)OCC(N)C(=O)OCCCCO[N+](=O)[O-]. The summed E-state index contributed by atoms with van der Waals surface area (Å²) in [6.07, 6.45) is 7.68. The molecule has 3 fully saturated rings. The van der Waals surface area contributed by atoms with E-state index >= 15 is 0 Å². The summed E-state index contributed by atoms with van der Waals surface area (Å²) in [6.45, 7) is 3.01. The van der Waals surface area contributed by atoms with E-state index < -0.39 is 48.0 Å². The third kappa shape index (κ3) is 6.51. The first-order valence-electron chi connectivity index (χ1n) is 14.5. The van der Waals surface area contributed by atoms with Crippen molar-refractivity contribution < 1.29 is 48.4 Å². The third-order valence-electron chi connectivity index (χ3n) is 9.88. The lowest BCUT2D eigenvalue weighted by atomic mass is 9.46. The van der Waals surface area contributed by atoms with Crippen molar-refractivity contribution >= 4 is 23.7 Å². The zero-order valence-corrected chi connectivity index (χ0v) is 24.0. The summed E-state index contributed by atoms with van der Waals surface area (Å²) in [5, 5.41) is 20.6. The fourth-order valence-electron chi connectivity index (χ4n) is 7.98. The van der Waals surface area contributed by atoms with Crippen LogP contribution < -0.4 is 5.73 Å². The number of aliphatic hydroxyl groups is 1. The Balaban J connectivity index is 1.23. The molecule has 232 valence electrons. The minimum Gasteiger partial charge on any atom is -0.464 e. The van der Waals surface area contributed by atoms with Crippen LogP contribution >= 0.6 is 0 Å². The summed E-state index contributed by atoms with van der Waals surface area (Å²) >= 11 is 0. The lowest BCUT2D eigenvalue weighted by Crippen LogP contribution is -2.56. The Kier molecular flexibility index (Phi) is 9.71. The molecule has 13 heteroatoms. The van der Waals surface area contributed by atoms with Crippen LogP contribution in [0.3, 0.4) is 0 Å². The largest absolute Gasteiger partial charge is 0.508 e. The number of rotatable bonds is 12. The van der Waals surface area contributed by atoms with E-state index in [1.807, 2.05) is 6.08 Å². The molecule has 4 aliphatic carbocycles. The topological polar surface area (TPSA) is 195 Å². The number of ketones is 2. The van der Waals surface area contributed by atoms with Crippen LogP contribution in [0.1, 0.15) is 58.8 Å². The highest BCUT2D eigenvalue weighted by Gasteiger charge is 2.62. The number of hydrogen-bond donors (Lipinski definition) is 2. The third-order valence-corrected chi connectivity index (χ3v) is 9.88. The van der Waals surface area contributed by atoms with Crippen molar-refractivity contribution in [2.24, 2.45) is 40.2 Å². The maximum atomic E-state index is 13.3. The molecular weight excluding hydrogens is 552 g/mol. The van der Waals surface area contributed by atoms with E-state index in [0.29, 0.717) is 25.7 Å². The number of hydrogen-bond acceptors (Lipinski definition) is 12. The fraction of sp³-hybridized carbons (Fsp3) is 0.724. The zero-order valence-electron chi connectivity index (χ0n) is 24.0. The van der Waals surface area contributed by atoms with E-state index in [9.17, 15) is 34.4 Å². The van der Waals surface area contributed by atoms with Crippen LogP contribution in [0.5, 0.6) is 0 Å². The Morgan fingerprint density at radius 2 is 1.88 bits per heavy atom. The first-order chi connectivity index (χ1) is 19.9. The predicted octanol–water partition coefficient (Wildman–Crippen LogP) is 2.46. The smallest absolute Gasteiger partial charge is 0.464 e. The highest BCUT2D eigenvalue weighted by atomic mass is 16.9. The summed E-state index contributed by atoms with van der Waals surface area (Å²) in [5.74, 6) is -1.05. The monoisotopic (exact) mass is 592 g/mol. The van der Waals surface area contributed by atoms with Crippen molar-refractivity contribution in [2.75, 3.05) is 26.4 Å². The van der Waals surface area contributed by atoms with Crippen LogP contribution in [0.2, 0.25) is 0 Å². The van der Waals surface area contributed by atoms with Crippen LogP contribution in [0.15, 0.2) is 23.8 Å². The van der Waals surface area contributed by atoms with Gasteiger partial charge in [0, 0.05) is 17.3 Å². The molecule has 0 aromatic rings. The number of aliphatic hydroxyl groups excluding tert-OH is 1. The Labute approximate surface area is 243 Å². The Morgan fingerprint density at radius 1 is 1.14 bits per heavy atom. The van der Waals surface area contributed by atoms with Gasteiger partial charge in [0.05, 0.1) is 19.3 Å². The molecule has 4 rings (SSSR count). The number of unbranched alkanes of at least 4 members (excludes halogenated alkanes) is 1. The first-order valence-corrected chi connectivity index (χ1v) is 14.5. The van der Waals surface area contributed by atoms with E-state index in [2.05, 4.69) is 18.7 Å². The van der Waals surface area contributed by atoms with Gasteiger partial charge < -0.3 is 29.9 Å². The normalized spacial score (nSPS) is 33.8. The van der Waals surface area contributed by atoms with E-state index in [4.69, 9.17) is 19.9 Å². The number of fused-ring (bicyclic) bond motifs is 5. The number of carbonyl (C=O) groups is 4. The molecule has 0 amide bonds. The molecular formula is C29H40N2O11. The number of allylic oxidation sites excluding steroid dienone is 4. The number of Topliss-reactive ketones (excluding diaryl/α,β-unsaturated/α-hetero) is 1. The highest BCUT2D eigenvalue weighted by molar-refractivity contribution is 6.01. The quantitative estimate of drug-likeness (QED) is 0.146. The lowest BCUT2D eigenvalue weighted by molar-refractivity contribution is -0.757. The molecule has 0 radical (unpaired) electrons. The molecule has 0 saturated heterocycles. The van der Waals surface area contributed by atoms with Gasteiger partial charge in [0.15, 0.2) is 18.2 Å². The molecule has 4 aliphatic rings. The van der Waals surface area contributed by atoms with Gasteiger partial charge in [-0.05, 0) is 74.3 Å². The molecule has 0 aromatic heterocycles. The molecule has 0 spiro atoms. The minimum absolute atomic E-state index is 0.0154. The summed E-state index contributed by atoms with van der Waals surface area (Å²) in [4.78, 5) is 63.5. The summed E-state index contributed by atoms with van der Waals surface area (Å²) in [6, 6.07) is -1.26. The van der Waals surface area contributed by atoms with Crippen molar-refractivity contribution in [1.29, 1.82) is 0 Å². The van der Waals surface area contributed by atoms with Crippen molar-refractivity contribution in [2.45, 2.75) is 70.9 Å². The fourth-order valence-corrected chi connectivity index (χ4v) is 7.98. The van der Waals surface area contributed by atoms with Gasteiger partial charge in [-0.2, -0.15) is 0 Å². The average Bonchev–Trinajstić information content (AvgIpc) is 3.28. The summed E-state index contributed by atoms with van der Waals surface area (Å²) < 4.78 is 14.9. The maximum absolute atomic E-state index is 13.3. The van der Waals surface area contributed by atoms with Gasteiger partial charge >= 0.3 is 12.1 Å². The van der Waals surface area contributed by atoms with Crippen molar-refractivity contribution in [3.63, 3.8) is 0 Å². The molecule has 0 heterocycles. The van der Waals surface area contributed by atoms with Crippen molar-refractivity contribution in [1.82, 2.24) is 0 Å². The van der Waals surface area contributed by atoms with Crippen molar-refractivity contribution in [3.8, 4) is 0 Å². The number of carbonyl (C=O) groups excluding carboxylic acids is 4. The summed E-state index contributed by atoms with van der Waals surface area (Å²) in [5.41, 5.74) is 5.93. The standard InChI is InChI=1S/C29H40N2O11/c1-28-10-9-18(32)13-17(28)5-6-19-20-7-8-21(29(20,2)14-23(33)25(19)28)24(34)16-41-27(36)40-15-22(30)26(35)39-11-3-4-12-42-31(37)38/h9-10,13,19-23,25,33H,3-8,11-12,14-16,30H2,1-2H3/t19-,20?,21?,22?,23?,25?,28-,29-/m0/s1. The predicted molar refractivity (Wildman–Crippen MR) is 145 cm³/mol. The van der Waals surface area contributed by atoms with Crippen LogP contribution in [-0.2, 0) is 33.4 Å². The molecule has 0 bridgehead atoms. The summed E-state index contributed by atoms with van der Waals surface area (Å²) in [7, 11) is 0. The van der Waals surface area contributed by atoms with Crippen LogP contribution in [-0.4, -0.2) is 72.5 Å². The van der Waals surface area contributed by atoms with Crippen LogP contribution in [0.4, 0.5) is 4.79 Å². The van der Waals surface area contributed by atoms with Gasteiger partial charge in [0.2, 0.25) is 0 Å². The molecule has 8 atom stereocenters. The van der Waals surface area contributed by atoms with Crippen LogP contribution in [0, 0.1) is 44.6 Å². The zero-order chi connectivity index (χ0) is 30.7. The van der Waals surface area contributed by atoms with Gasteiger partial charge in [-0.25, -0.2) is 4.79 Å². The number of esters is 1. The second-order valence-electron chi connectivity index (χ2n) is 12.3. The van der Waals surface area contributed by atoms with E-state index in [-0.39, 0.29) is 53.9 Å². The molecule has 0 aliphatic heterocycles. The number of ether oxygens (including phenoxy) is 3. The number of nitrogens with zero attached hydrogens (tertiary/aromatic N) is 1. The highest BCUT2D eigenvalue weighted by Crippen LogP contribution is 2.66. The Morgan fingerprint density at radius 3 is 2.62 bits per heavy atom. The molecule has 5 unspecified atom stereocenters. The van der Waals surface area contributed by atoms with Gasteiger partial charge in [-0.1, -0.05) is 25.5 Å². The second-order valence-corrected chi connectivity index (χ2v) is 12.3.